The molecule has 1 amide bonds. The number of carbonyl (C=O) groups excluding carboxylic acids is 1. The van der Waals surface area contributed by atoms with E-state index in [0.717, 1.165) is 0 Å². The Hall–Kier alpha value is -1.07. The molecule has 2 atom stereocenters. The van der Waals surface area contributed by atoms with Crippen molar-refractivity contribution in [3.8, 4) is 0 Å². The van der Waals surface area contributed by atoms with Crippen LogP contribution in [0, 0.1) is 5.82 Å². The molecule has 0 aromatic heterocycles. The van der Waals surface area contributed by atoms with Crippen LogP contribution < -0.4 is 5.32 Å². The quantitative estimate of drug-likeness (QED) is 0.906. The van der Waals surface area contributed by atoms with Crippen LogP contribution in [0.25, 0.3) is 0 Å². The van der Waals surface area contributed by atoms with Crippen LogP contribution in [0.1, 0.15) is 38.9 Å². The molecule has 1 heterocycles. The second kappa shape index (κ2) is 6.36. The highest BCUT2D eigenvalue weighted by Crippen LogP contribution is 2.32. The Morgan fingerprint density at radius 1 is 1.38 bits per heavy atom. The second-order valence-electron chi connectivity index (χ2n) is 5.98. The Bertz CT molecular complexity index is 521. The van der Waals surface area contributed by atoms with Gasteiger partial charge in [0.25, 0.3) is 0 Å². The molecule has 0 spiro atoms. The van der Waals surface area contributed by atoms with E-state index in [-0.39, 0.29) is 28.7 Å². The standard InChI is InChI=1S/C16H23FN2OS/c1-5-13-15(20)19(10-16(2,3)21-4)14(18-13)11-8-6-7-9-12(11)17/h6-9,13-14,18H,5,10H2,1-4H3. The summed E-state index contributed by atoms with van der Waals surface area (Å²) in [5.74, 6) is -0.209. The van der Waals surface area contributed by atoms with Crippen molar-refractivity contribution < 1.29 is 9.18 Å². The number of amides is 1. The van der Waals surface area contributed by atoms with Crippen molar-refractivity contribution in [2.24, 2.45) is 0 Å². The Morgan fingerprint density at radius 2 is 2.05 bits per heavy atom. The zero-order chi connectivity index (χ0) is 15.6. The summed E-state index contributed by atoms with van der Waals surface area (Å²) in [4.78, 5) is 14.3. The fraction of sp³-hybridized carbons (Fsp3) is 0.562. The largest absolute Gasteiger partial charge is 0.320 e. The minimum Gasteiger partial charge on any atom is -0.320 e. The Morgan fingerprint density at radius 3 is 2.62 bits per heavy atom. The summed E-state index contributed by atoms with van der Waals surface area (Å²) in [5.41, 5.74) is 0.540. The Balaban J connectivity index is 2.33. The van der Waals surface area contributed by atoms with Crippen molar-refractivity contribution in [2.75, 3.05) is 12.8 Å². The van der Waals surface area contributed by atoms with Gasteiger partial charge in [0.1, 0.15) is 12.0 Å². The van der Waals surface area contributed by atoms with Crippen LogP contribution in [-0.2, 0) is 4.79 Å². The maximum absolute atomic E-state index is 14.1. The summed E-state index contributed by atoms with van der Waals surface area (Å²) in [5, 5.41) is 3.27. The molecule has 1 aromatic carbocycles. The van der Waals surface area contributed by atoms with Gasteiger partial charge < -0.3 is 4.90 Å². The van der Waals surface area contributed by atoms with Crippen LogP contribution in [-0.4, -0.2) is 34.4 Å². The topological polar surface area (TPSA) is 32.3 Å². The minimum absolute atomic E-state index is 0.0629. The highest BCUT2D eigenvalue weighted by molar-refractivity contribution is 7.99. The lowest BCUT2D eigenvalue weighted by molar-refractivity contribution is -0.130. The average molecular weight is 310 g/mol. The van der Waals surface area contributed by atoms with Crippen LogP contribution in [0.2, 0.25) is 0 Å². The number of hydrogen-bond acceptors (Lipinski definition) is 3. The molecule has 21 heavy (non-hydrogen) atoms. The molecule has 1 aliphatic rings. The van der Waals surface area contributed by atoms with E-state index in [1.165, 1.54) is 6.07 Å². The third-order valence-corrected chi connectivity index (χ3v) is 5.20. The minimum atomic E-state index is -0.380. The Labute approximate surface area is 130 Å². The van der Waals surface area contributed by atoms with Crippen LogP contribution in [0.3, 0.4) is 0 Å². The molecule has 2 rings (SSSR count). The van der Waals surface area contributed by atoms with Gasteiger partial charge in [0.2, 0.25) is 5.91 Å². The van der Waals surface area contributed by atoms with E-state index in [4.69, 9.17) is 0 Å². The molecule has 116 valence electrons. The summed E-state index contributed by atoms with van der Waals surface area (Å²) in [6.45, 7) is 6.76. The lowest BCUT2D eigenvalue weighted by Crippen LogP contribution is -2.40. The number of benzene rings is 1. The van der Waals surface area contributed by atoms with Crippen LogP contribution in [0.5, 0.6) is 0 Å². The highest BCUT2D eigenvalue weighted by atomic mass is 32.2. The molecule has 1 fully saturated rings. The van der Waals surface area contributed by atoms with E-state index >= 15 is 0 Å². The van der Waals surface area contributed by atoms with Crippen molar-refractivity contribution in [1.82, 2.24) is 10.2 Å². The van der Waals surface area contributed by atoms with Gasteiger partial charge in [-0.15, -0.1) is 0 Å². The molecular weight excluding hydrogens is 287 g/mol. The van der Waals surface area contributed by atoms with E-state index in [1.54, 1.807) is 28.8 Å². The molecule has 0 bridgehead atoms. The molecule has 0 radical (unpaired) electrons. The molecule has 1 aromatic rings. The predicted octanol–water partition coefficient (Wildman–Crippen LogP) is 3.18. The molecular formula is C16H23FN2OS. The van der Waals surface area contributed by atoms with Gasteiger partial charge in [-0.3, -0.25) is 10.1 Å². The highest BCUT2D eigenvalue weighted by Gasteiger charge is 2.41. The third kappa shape index (κ3) is 3.40. The number of thioether (sulfide) groups is 1. The van der Waals surface area contributed by atoms with Crippen molar-refractivity contribution >= 4 is 17.7 Å². The van der Waals surface area contributed by atoms with Crippen molar-refractivity contribution in [3.63, 3.8) is 0 Å². The lowest BCUT2D eigenvalue weighted by Gasteiger charge is -2.32. The first-order valence-corrected chi connectivity index (χ1v) is 8.48. The maximum Gasteiger partial charge on any atom is 0.241 e. The van der Waals surface area contributed by atoms with Gasteiger partial charge in [-0.25, -0.2) is 4.39 Å². The van der Waals surface area contributed by atoms with Crippen LogP contribution in [0.15, 0.2) is 24.3 Å². The van der Waals surface area contributed by atoms with Gasteiger partial charge in [0.15, 0.2) is 0 Å². The first-order valence-electron chi connectivity index (χ1n) is 7.25. The first-order chi connectivity index (χ1) is 9.89. The van der Waals surface area contributed by atoms with E-state index in [2.05, 4.69) is 19.2 Å². The van der Waals surface area contributed by atoms with Gasteiger partial charge in [0.05, 0.1) is 6.04 Å². The molecule has 2 unspecified atom stereocenters. The van der Waals surface area contributed by atoms with Gasteiger partial charge >= 0.3 is 0 Å². The smallest absolute Gasteiger partial charge is 0.241 e. The first kappa shape index (κ1) is 16.3. The zero-order valence-corrected chi connectivity index (χ0v) is 13.8. The molecule has 0 aliphatic carbocycles. The number of hydrogen-bond donors (Lipinski definition) is 1. The van der Waals surface area contributed by atoms with Crippen LogP contribution >= 0.6 is 11.8 Å². The summed E-state index contributed by atoms with van der Waals surface area (Å²) >= 11 is 1.71. The SMILES string of the molecule is CCC1NC(c2ccccc2F)N(CC(C)(C)SC)C1=O. The number of carbonyl (C=O) groups is 1. The summed E-state index contributed by atoms with van der Waals surface area (Å²) < 4.78 is 14.0. The van der Waals surface area contributed by atoms with E-state index in [9.17, 15) is 9.18 Å². The van der Waals surface area contributed by atoms with Gasteiger partial charge in [-0.05, 0) is 32.6 Å². The summed E-state index contributed by atoms with van der Waals surface area (Å²) in [7, 11) is 0. The van der Waals surface area contributed by atoms with Crippen molar-refractivity contribution in [1.29, 1.82) is 0 Å². The maximum atomic E-state index is 14.1. The summed E-state index contributed by atoms with van der Waals surface area (Å²) in [6.07, 6.45) is 2.36. The molecule has 0 saturated carbocycles. The van der Waals surface area contributed by atoms with Gasteiger partial charge in [0, 0.05) is 16.9 Å². The Kier molecular flexibility index (Phi) is 4.94. The van der Waals surface area contributed by atoms with Crippen molar-refractivity contribution in [3.05, 3.63) is 35.6 Å². The fourth-order valence-electron chi connectivity index (χ4n) is 2.57. The monoisotopic (exact) mass is 310 g/mol. The van der Waals surface area contributed by atoms with Crippen LogP contribution in [0.4, 0.5) is 4.39 Å². The predicted molar refractivity (Wildman–Crippen MR) is 85.7 cm³/mol. The second-order valence-corrected chi connectivity index (χ2v) is 7.49. The third-order valence-electron chi connectivity index (χ3n) is 3.96. The normalized spacial score (nSPS) is 22.9. The summed E-state index contributed by atoms with van der Waals surface area (Å²) in [6, 6.07) is 6.44. The molecule has 5 heteroatoms. The van der Waals surface area contributed by atoms with Crippen molar-refractivity contribution in [2.45, 2.75) is 44.1 Å². The van der Waals surface area contributed by atoms with E-state index in [1.807, 2.05) is 19.2 Å². The zero-order valence-electron chi connectivity index (χ0n) is 13.0. The number of nitrogens with zero attached hydrogens (tertiary/aromatic N) is 1. The molecule has 1 aliphatic heterocycles. The number of halogens is 1. The molecule has 3 nitrogen and oxygen atoms in total. The van der Waals surface area contributed by atoms with Gasteiger partial charge in [-0.1, -0.05) is 25.1 Å². The lowest BCUT2D eigenvalue weighted by atomic mass is 10.1. The number of nitrogens with one attached hydrogen (secondary N) is 1. The molecule has 1 N–H and O–H groups in total. The van der Waals surface area contributed by atoms with Gasteiger partial charge in [-0.2, -0.15) is 11.8 Å². The fourth-order valence-corrected chi connectivity index (χ4v) is 2.84. The average Bonchev–Trinajstić information content (AvgIpc) is 2.76. The number of rotatable bonds is 5. The van der Waals surface area contributed by atoms with E-state index in [0.29, 0.717) is 18.5 Å². The van der Waals surface area contributed by atoms with E-state index < -0.39 is 0 Å². The molecule has 1 saturated heterocycles.